The Morgan fingerprint density at radius 1 is 1.17 bits per heavy atom. The Bertz CT molecular complexity index is 800. The van der Waals surface area contributed by atoms with E-state index >= 15 is 0 Å². The van der Waals surface area contributed by atoms with E-state index in [1.54, 1.807) is 0 Å². The Kier molecular flexibility index (Phi) is 4.46. The quantitative estimate of drug-likeness (QED) is 0.364. The van der Waals surface area contributed by atoms with Crippen molar-refractivity contribution in [2.75, 3.05) is 7.11 Å². The van der Waals surface area contributed by atoms with Gasteiger partial charge in [-0.15, -0.1) is 0 Å². The van der Waals surface area contributed by atoms with Crippen LogP contribution in [0.15, 0.2) is 36.4 Å². The van der Waals surface area contributed by atoms with E-state index in [4.69, 9.17) is 9.47 Å². The molecule has 0 heterocycles. The zero-order chi connectivity index (χ0) is 17.1. The Morgan fingerprint density at radius 2 is 1.96 bits per heavy atom. The Balaban J connectivity index is 1.74. The number of benzene rings is 2. The summed E-state index contributed by atoms with van der Waals surface area (Å²) in [5, 5.41) is 11.1. The lowest BCUT2D eigenvalue weighted by Gasteiger charge is -2.08. The molecule has 1 aliphatic carbocycles. The number of ether oxygens (including phenoxy) is 2. The lowest BCUT2D eigenvalue weighted by Crippen LogP contribution is -2.12. The van der Waals surface area contributed by atoms with Gasteiger partial charge in [0.15, 0.2) is 0 Å². The van der Waals surface area contributed by atoms with Gasteiger partial charge in [-0.2, -0.15) is 0 Å². The third-order valence-electron chi connectivity index (χ3n) is 4.10. The number of fused-ring (bicyclic) bond motifs is 1. The molecule has 0 amide bonds. The summed E-state index contributed by atoms with van der Waals surface area (Å²) in [6, 6.07) is 10.1. The van der Waals surface area contributed by atoms with Gasteiger partial charge in [-0.1, -0.05) is 18.2 Å². The molecular weight excluding hydrogens is 310 g/mol. The molecule has 0 saturated carbocycles. The summed E-state index contributed by atoms with van der Waals surface area (Å²) in [6.45, 7) is 0. The van der Waals surface area contributed by atoms with Crippen LogP contribution in [0.5, 0.6) is 11.5 Å². The third-order valence-corrected chi connectivity index (χ3v) is 4.10. The lowest BCUT2D eigenvalue weighted by atomic mass is 10.0. The van der Waals surface area contributed by atoms with Gasteiger partial charge in [0.25, 0.3) is 0 Å². The monoisotopic (exact) mass is 327 g/mol. The fourth-order valence-corrected chi connectivity index (χ4v) is 2.91. The Morgan fingerprint density at radius 3 is 2.71 bits per heavy atom. The van der Waals surface area contributed by atoms with Crippen LogP contribution >= 0.6 is 0 Å². The minimum Gasteiger partial charge on any atom is -0.496 e. The maximum Gasteiger partial charge on any atom is 0.315 e. The first-order chi connectivity index (χ1) is 11.6. The summed E-state index contributed by atoms with van der Waals surface area (Å²) < 4.78 is 10.2. The normalized spacial score (nSPS) is 12.5. The summed E-state index contributed by atoms with van der Waals surface area (Å²) in [4.78, 5) is 22.7. The minimum absolute atomic E-state index is 0.0769. The van der Waals surface area contributed by atoms with E-state index < -0.39 is 10.9 Å². The molecule has 3 rings (SSSR count). The number of rotatable bonds is 5. The molecule has 0 bridgehead atoms. The number of methoxy groups -OCH3 is 1. The number of esters is 1. The van der Waals surface area contributed by atoms with Crippen molar-refractivity contribution in [1.29, 1.82) is 0 Å². The van der Waals surface area contributed by atoms with Crippen LogP contribution in [-0.4, -0.2) is 18.0 Å². The molecule has 0 spiro atoms. The molecule has 24 heavy (non-hydrogen) atoms. The second-order valence-corrected chi connectivity index (χ2v) is 5.70. The smallest absolute Gasteiger partial charge is 0.315 e. The van der Waals surface area contributed by atoms with Crippen molar-refractivity contribution < 1.29 is 19.2 Å². The number of hydrogen-bond acceptors (Lipinski definition) is 5. The van der Waals surface area contributed by atoms with Crippen molar-refractivity contribution in [2.45, 2.75) is 25.7 Å². The lowest BCUT2D eigenvalue weighted by molar-refractivity contribution is -0.385. The highest BCUT2D eigenvalue weighted by atomic mass is 16.6. The van der Waals surface area contributed by atoms with Gasteiger partial charge in [-0.3, -0.25) is 14.9 Å². The van der Waals surface area contributed by atoms with Gasteiger partial charge in [-0.25, -0.2) is 0 Å². The highest BCUT2D eigenvalue weighted by molar-refractivity contribution is 5.76. The molecule has 0 aromatic heterocycles. The molecule has 0 unspecified atom stereocenters. The summed E-state index contributed by atoms with van der Waals surface area (Å²) in [6.07, 6.45) is 3.33. The zero-order valence-electron chi connectivity index (χ0n) is 13.3. The van der Waals surface area contributed by atoms with Gasteiger partial charge < -0.3 is 9.47 Å². The second kappa shape index (κ2) is 6.70. The van der Waals surface area contributed by atoms with Crippen LogP contribution in [0.1, 0.15) is 23.1 Å². The second-order valence-electron chi connectivity index (χ2n) is 5.70. The molecule has 0 saturated heterocycles. The van der Waals surface area contributed by atoms with Crippen LogP contribution in [0.3, 0.4) is 0 Å². The van der Waals surface area contributed by atoms with Crippen LogP contribution < -0.4 is 9.47 Å². The van der Waals surface area contributed by atoms with E-state index in [0.717, 1.165) is 24.8 Å². The molecule has 0 N–H and O–H groups in total. The summed E-state index contributed by atoms with van der Waals surface area (Å²) in [7, 11) is 1.42. The maximum absolute atomic E-state index is 12.1. The number of nitrogens with zero attached hydrogens (tertiary/aromatic N) is 1. The van der Waals surface area contributed by atoms with E-state index in [1.807, 2.05) is 18.2 Å². The number of nitro benzene ring substituents is 1. The standard InChI is InChI=1S/C18H17NO5/c1-23-15-7-8-17(16(11-15)19(21)22)24-18(20)10-12-5-6-13-3-2-4-14(13)9-12/h5-9,11H,2-4,10H2,1H3. The first-order valence-electron chi connectivity index (χ1n) is 7.70. The van der Waals surface area contributed by atoms with Gasteiger partial charge in [0, 0.05) is 0 Å². The molecular formula is C18H17NO5. The van der Waals surface area contributed by atoms with Crippen molar-refractivity contribution in [3.05, 3.63) is 63.2 Å². The van der Waals surface area contributed by atoms with Gasteiger partial charge in [-0.05, 0) is 48.1 Å². The average Bonchev–Trinajstić information content (AvgIpc) is 3.02. The number of aryl methyl sites for hydroxylation is 2. The van der Waals surface area contributed by atoms with E-state index in [0.29, 0.717) is 5.75 Å². The summed E-state index contributed by atoms with van der Waals surface area (Å²) in [5.41, 5.74) is 3.17. The third kappa shape index (κ3) is 3.37. The number of carbonyl (C=O) groups excluding carboxylic acids is 1. The van der Waals surface area contributed by atoms with Gasteiger partial charge >= 0.3 is 11.7 Å². The van der Waals surface area contributed by atoms with Gasteiger partial charge in [0.1, 0.15) is 5.75 Å². The summed E-state index contributed by atoms with van der Waals surface area (Å²) in [5.74, 6) is -0.270. The molecule has 0 atom stereocenters. The Hall–Kier alpha value is -2.89. The molecule has 1 aliphatic rings. The Labute approximate surface area is 139 Å². The largest absolute Gasteiger partial charge is 0.496 e. The molecule has 124 valence electrons. The highest BCUT2D eigenvalue weighted by Gasteiger charge is 2.20. The molecule has 6 heteroatoms. The van der Waals surface area contributed by atoms with Crippen LogP contribution in [-0.2, 0) is 24.1 Å². The van der Waals surface area contributed by atoms with Crippen LogP contribution in [0.25, 0.3) is 0 Å². The van der Waals surface area contributed by atoms with E-state index in [9.17, 15) is 14.9 Å². The average molecular weight is 327 g/mol. The first kappa shape index (κ1) is 16.0. The van der Waals surface area contributed by atoms with E-state index in [1.165, 1.54) is 36.4 Å². The number of nitro groups is 1. The molecule has 0 radical (unpaired) electrons. The minimum atomic E-state index is -0.597. The van der Waals surface area contributed by atoms with Crippen molar-refractivity contribution in [1.82, 2.24) is 0 Å². The first-order valence-corrected chi connectivity index (χ1v) is 7.70. The molecule has 6 nitrogen and oxygen atoms in total. The fraction of sp³-hybridized carbons (Fsp3) is 0.278. The van der Waals surface area contributed by atoms with Crippen LogP contribution in [0, 0.1) is 10.1 Å². The fourth-order valence-electron chi connectivity index (χ4n) is 2.91. The van der Waals surface area contributed by atoms with Crippen molar-refractivity contribution in [3.8, 4) is 11.5 Å². The number of carbonyl (C=O) groups is 1. The van der Waals surface area contributed by atoms with Crippen LogP contribution in [0.4, 0.5) is 5.69 Å². The number of hydrogen-bond donors (Lipinski definition) is 0. The van der Waals surface area contributed by atoms with Gasteiger partial charge in [0.05, 0.1) is 24.5 Å². The SMILES string of the molecule is COc1ccc(OC(=O)Cc2ccc3c(c2)CCC3)c([N+](=O)[O-])c1. The van der Waals surface area contributed by atoms with Crippen molar-refractivity contribution >= 4 is 11.7 Å². The van der Waals surface area contributed by atoms with Crippen molar-refractivity contribution in [3.63, 3.8) is 0 Å². The highest BCUT2D eigenvalue weighted by Crippen LogP contribution is 2.31. The molecule has 0 aliphatic heterocycles. The van der Waals surface area contributed by atoms with E-state index in [2.05, 4.69) is 0 Å². The summed E-state index contributed by atoms with van der Waals surface area (Å²) >= 11 is 0. The van der Waals surface area contributed by atoms with Gasteiger partial charge in [0.2, 0.25) is 5.75 Å². The maximum atomic E-state index is 12.1. The predicted octanol–water partition coefficient (Wildman–Crippen LogP) is 3.24. The topological polar surface area (TPSA) is 78.7 Å². The van der Waals surface area contributed by atoms with Crippen LogP contribution in [0.2, 0.25) is 0 Å². The van der Waals surface area contributed by atoms with E-state index in [-0.39, 0.29) is 17.9 Å². The zero-order valence-corrected chi connectivity index (χ0v) is 13.3. The molecule has 0 fully saturated rings. The van der Waals surface area contributed by atoms with Crippen molar-refractivity contribution in [2.24, 2.45) is 0 Å². The predicted molar refractivity (Wildman–Crippen MR) is 87.5 cm³/mol. The molecule has 2 aromatic rings. The molecule has 2 aromatic carbocycles.